The fraction of sp³-hybridized carbons (Fsp3) is 0.0495. The van der Waals surface area contributed by atoms with Crippen LogP contribution in [0.5, 0.6) is 0 Å². The average Bonchev–Trinajstić information content (AvgIpc) is 1.55. The summed E-state index contributed by atoms with van der Waals surface area (Å²) < 4.78 is 0. The van der Waals surface area contributed by atoms with Crippen molar-refractivity contribution in [1.82, 2.24) is 0 Å². The van der Waals surface area contributed by atoms with Crippen LogP contribution >= 0.6 is 0 Å². The van der Waals surface area contributed by atoms with Gasteiger partial charge in [-0.05, 0) is 189 Å². The number of benzene rings is 16. The standard InChI is InChI=1S/C101H72N2/c1-99(2)91-46-23-18-43-85(91)88-62-59-80(66-94(88)99)103(82-61-64-89-86-44-19-24-47-92(86)100(95(89)68-82,75-35-12-5-13-36-75)76-37-14-6-15-38-76)98-50-27-22-42-84(98)74-34-28-33-73(65-74)71-51-55-78(56-52-71)101(77-39-16-7-17-40-77)93-48-25-20-45-87(93)90-63-60-81(67-96(90)101)102(79-57-53-70(54-58-79)69-29-8-3-9-30-69)97-49-26-21-41-83(97)72-31-10-4-11-32-72/h3-68H,1-2H3. The molecule has 3 aliphatic carbocycles. The molecule has 103 heavy (non-hydrogen) atoms. The summed E-state index contributed by atoms with van der Waals surface area (Å²) in [4.78, 5) is 5.00. The third-order valence-corrected chi connectivity index (χ3v) is 22.5. The zero-order valence-electron chi connectivity index (χ0n) is 57.5. The normalized spacial score (nSPS) is 14.5. The maximum atomic E-state index is 2.54. The minimum atomic E-state index is -0.675. The molecule has 0 saturated carbocycles. The molecule has 486 valence electrons. The Bertz CT molecular complexity index is 5840. The Morgan fingerprint density at radius 2 is 0.476 bits per heavy atom. The molecular weight excluding hydrogens is 1240 g/mol. The minimum absolute atomic E-state index is 0.214. The lowest BCUT2D eigenvalue weighted by Crippen LogP contribution is -2.28. The largest absolute Gasteiger partial charge is 0.310 e. The first-order valence-electron chi connectivity index (χ1n) is 36.0. The molecule has 16 aromatic rings. The molecule has 2 heteroatoms. The van der Waals surface area contributed by atoms with Crippen LogP contribution in [-0.2, 0) is 16.2 Å². The van der Waals surface area contributed by atoms with E-state index in [2.05, 4.69) is 424 Å². The molecule has 0 amide bonds. The van der Waals surface area contributed by atoms with Gasteiger partial charge in [-0.2, -0.15) is 0 Å². The predicted molar refractivity (Wildman–Crippen MR) is 430 cm³/mol. The van der Waals surface area contributed by atoms with Gasteiger partial charge in [-0.1, -0.05) is 347 Å². The Balaban J connectivity index is 0.751. The monoisotopic (exact) mass is 1310 g/mol. The van der Waals surface area contributed by atoms with Crippen molar-refractivity contribution in [2.45, 2.75) is 30.1 Å². The number of anilines is 6. The van der Waals surface area contributed by atoms with Gasteiger partial charge in [-0.15, -0.1) is 0 Å². The summed E-state index contributed by atoms with van der Waals surface area (Å²) >= 11 is 0. The molecule has 0 saturated heterocycles. The summed E-state index contributed by atoms with van der Waals surface area (Å²) in [6, 6.07) is 149. The highest BCUT2D eigenvalue weighted by Gasteiger charge is 2.48. The van der Waals surface area contributed by atoms with E-state index in [9.17, 15) is 0 Å². The van der Waals surface area contributed by atoms with Gasteiger partial charge in [0.05, 0.1) is 22.2 Å². The Hall–Kier alpha value is -12.9. The maximum Gasteiger partial charge on any atom is 0.0714 e. The second kappa shape index (κ2) is 24.8. The predicted octanol–water partition coefficient (Wildman–Crippen LogP) is 26.3. The van der Waals surface area contributed by atoms with Crippen molar-refractivity contribution in [2.24, 2.45) is 0 Å². The number of nitrogens with zero attached hydrogens (tertiary/aromatic N) is 2. The number of fused-ring (bicyclic) bond motifs is 9. The van der Waals surface area contributed by atoms with Crippen molar-refractivity contribution in [2.75, 3.05) is 9.80 Å². The summed E-state index contributed by atoms with van der Waals surface area (Å²) in [5, 5.41) is 0. The van der Waals surface area contributed by atoms with Crippen LogP contribution < -0.4 is 9.80 Å². The molecule has 16 aromatic carbocycles. The zero-order chi connectivity index (χ0) is 68.6. The first-order chi connectivity index (χ1) is 50.8. The van der Waals surface area contributed by atoms with Gasteiger partial charge in [-0.3, -0.25) is 0 Å². The van der Waals surface area contributed by atoms with Crippen LogP contribution in [0.25, 0.3) is 77.9 Å². The Labute approximate surface area is 604 Å². The van der Waals surface area contributed by atoms with Gasteiger partial charge in [-0.25, -0.2) is 0 Å². The fourth-order valence-electron chi connectivity index (χ4n) is 17.8. The minimum Gasteiger partial charge on any atom is -0.310 e. The van der Waals surface area contributed by atoms with Gasteiger partial charge >= 0.3 is 0 Å². The van der Waals surface area contributed by atoms with E-state index in [0.29, 0.717) is 0 Å². The van der Waals surface area contributed by atoms with Gasteiger partial charge < -0.3 is 9.80 Å². The lowest BCUT2D eigenvalue weighted by atomic mass is 9.67. The molecule has 0 bridgehead atoms. The Kier molecular flexibility index (Phi) is 14.7. The van der Waals surface area contributed by atoms with Gasteiger partial charge in [0.2, 0.25) is 0 Å². The molecule has 2 nitrogen and oxygen atoms in total. The maximum absolute atomic E-state index is 2.54. The lowest BCUT2D eigenvalue weighted by molar-refractivity contribution is 0.660. The van der Waals surface area contributed by atoms with Crippen molar-refractivity contribution in [3.8, 4) is 77.9 Å². The van der Waals surface area contributed by atoms with Crippen LogP contribution in [0, 0.1) is 0 Å². The molecule has 3 aliphatic rings. The zero-order valence-corrected chi connectivity index (χ0v) is 57.5. The Morgan fingerprint density at radius 3 is 0.971 bits per heavy atom. The highest BCUT2D eigenvalue weighted by molar-refractivity contribution is 5.97. The number of rotatable bonds is 14. The molecule has 0 fully saturated rings. The van der Waals surface area contributed by atoms with Crippen molar-refractivity contribution in [1.29, 1.82) is 0 Å². The molecule has 0 aliphatic heterocycles. The van der Waals surface area contributed by atoms with E-state index in [1.807, 2.05) is 0 Å². The molecular formula is C101H72N2. The fourth-order valence-corrected chi connectivity index (χ4v) is 17.8. The molecule has 0 spiro atoms. The van der Waals surface area contributed by atoms with E-state index in [4.69, 9.17) is 0 Å². The summed E-state index contributed by atoms with van der Waals surface area (Å²) in [5.41, 5.74) is 34.5. The summed E-state index contributed by atoms with van der Waals surface area (Å²) in [5.74, 6) is 0. The number of hydrogen-bond acceptors (Lipinski definition) is 2. The first kappa shape index (κ1) is 61.2. The molecule has 0 heterocycles. The Morgan fingerprint density at radius 1 is 0.175 bits per heavy atom. The van der Waals surface area contributed by atoms with Crippen LogP contribution in [0.1, 0.15) is 69.5 Å². The molecule has 19 rings (SSSR count). The van der Waals surface area contributed by atoms with Crippen LogP contribution in [0.3, 0.4) is 0 Å². The van der Waals surface area contributed by atoms with Gasteiger partial charge in [0.25, 0.3) is 0 Å². The van der Waals surface area contributed by atoms with E-state index in [1.54, 1.807) is 0 Å². The van der Waals surface area contributed by atoms with Crippen molar-refractivity contribution < 1.29 is 0 Å². The topological polar surface area (TPSA) is 6.48 Å². The molecule has 0 aromatic heterocycles. The summed E-state index contributed by atoms with van der Waals surface area (Å²) in [7, 11) is 0. The van der Waals surface area contributed by atoms with E-state index in [1.165, 1.54) is 100 Å². The highest BCUT2D eigenvalue weighted by Crippen LogP contribution is 2.61. The van der Waals surface area contributed by atoms with Gasteiger partial charge in [0.15, 0.2) is 0 Å². The number of hydrogen-bond donors (Lipinski definition) is 0. The molecule has 0 radical (unpaired) electrons. The average molecular weight is 1310 g/mol. The number of para-hydroxylation sites is 2. The SMILES string of the molecule is CC1(C)c2ccccc2-c2ccc(N(c3ccc4c(c3)C(c3ccccc3)(c3ccccc3)c3ccccc3-4)c3ccccc3-c3cccc(-c4ccc(C5(c6ccccc6)c6ccccc6-c6ccc(N(c7ccc(-c8ccccc8)cc7)c7ccccc7-c7ccccc7)cc65)cc4)c3)cc21. The molecule has 1 atom stereocenters. The van der Waals surface area contributed by atoms with Crippen LogP contribution in [0.2, 0.25) is 0 Å². The first-order valence-corrected chi connectivity index (χ1v) is 36.0. The van der Waals surface area contributed by atoms with Crippen LogP contribution in [0.4, 0.5) is 34.1 Å². The smallest absolute Gasteiger partial charge is 0.0714 e. The molecule has 1 unspecified atom stereocenters. The van der Waals surface area contributed by atoms with Crippen molar-refractivity contribution in [3.63, 3.8) is 0 Å². The lowest BCUT2D eigenvalue weighted by Gasteiger charge is -2.35. The molecule has 0 N–H and O–H groups in total. The second-order valence-electron chi connectivity index (χ2n) is 28.2. The van der Waals surface area contributed by atoms with Gasteiger partial charge in [0.1, 0.15) is 0 Å². The van der Waals surface area contributed by atoms with E-state index in [-0.39, 0.29) is 5.41 Å². The van der Waals surface area contributed by atoms with Crippen molar-refractivity contribution >= 4 is 34.1 Å². The van der Waals surface area contributed by atoms with E-state index >= 15 is 0 Å². The quantitative estimate of drug-likeness (QED) is 0.107. The summed E-state index contributed by atoms with van der Waals surface area (Å²) in [6.07, 6.45) is 0. The second-order valence-corrected chi connectivity index (χ2v) is 28.2. The highest BCUT2D eigenvalue weighted by atomic mass is 15.2. The summed E-state index contributed by atoms with van der Waals surface area (Å²) in [6.45, 7) is 4.77. The van der Waals surface area contributed by atoms with Crippen molar-refractivity contribution in [3.05, 3.63) is 456 Å². The third-order valence-electron chi connectivity index (χ3n) is 22.5. The van der Waals surface area contributed by atoms with Gasteiger partial charge in [0, 0.05) is 39.3 Å². The van der Waals surface area contributed by atoms with Crippen LogP contribution in [-0.4, -0.2) is 0 Å². The van der Waals surface area contributed by atoms with E-state index in [0.717, 1.165) is 67.5 Å². The third kappa shape index (κ3) is 9.77. The van der Waals surface area contributed by atoms with Crippen LogP contribution in [0.15, 0.2) is 400 Å². The van der Waals surface area contributed by atoms with E-state index < -0.39 is 10.8 Å².